The highest BCUT2D eigenvalue weighted by Crippen LogP contribution is 2.24. The second kappa shape index (κ2) is 7.31. The summed E-state index contributed by atoms with van der Waals surface area (Å²) in [6.45, 7) is 7.59. The molecule has 20 heavy (non-hydrogen) atoms. The molecule has 0 unspecified atom stereocenters. The second-order valence-electron chi connectivity index (χ2n) is 4.66. The maximum absolute atomic E-state index is 12.6. The van der Waals surface area contributed by atoms with Gasteiger partial charge in [0.25, 0.3) is 0 Å². The smallest absolute Gasteiger partial charge is 0.142 e. The lowest BCUT2D eigenvalue weighted by molar-refractivity contribution is 0.626. The molecule has 0 saturated heterocycles. The van der Waals surface area contributed by atoms with E-state index in [0.29, 0.717) is 0 Å². The van der Waals surface area contributed by atoms with Crippen molar-refractivity contribution in [2.75, 3.05) is 0 Å². The van der Waals surface area contributed by atoms with Crippen molar-refractivity contribution in [1.29, 1.82) is 0 Å². The van der Waals surface area contributed by atoms with Gasteiger partial charge in [-0.3, -0.25) is 0 Å². The molecule has 2 aromatic carbocycles. The molecule has 0 aromatic heterocycles. The fraction of sp³-hybridized carbons (Fsp3) is 0.250. The maximum Gasteiger partial charge on any atom is 0.142 e. The fourth-order valence-electron chi connectivity index (χ4n) is 1.52. The largest absolute Gasteiger partial charge is 0.205 e. The molecule has 0 bridgehead atoms. The average molecular weight is 334 g/mol. The van der Waals surface area contributed by atoms with Gasteiger partial charge in [-0.05, 0) is 68.1 Å². The van der Waals surface area contributed by atoms with Gasteiger partial charge in [0.2, 0.25) is 0 Å². The summed E-state index contributed by atoms with van der Waals surface area (Å²) >= 11 is 17.3. The van der Waals surface area contributed by atoms with E-state index in [2.05, 4.69) is 0 Å². The molecule has 0 heterocycles. The topological polar surface area (TPSA) is 0 Å². The Labute approximate surface area is 134 Å². The number of hydrogen-bond acceptors (Lipinski definition) is 0. The number of halogens is 4. The van der Waals surface area contributed by atoms with E-state index >= 15 is 0 Å². The van der Waals surface area contributed by atoms with Gasteiger partial charge in [0, 0.05) is 10.0 Å². The lowest BCUT2D eigenvalue weighted by atomic mass is 10.1. The lowest BCUT2D eigenvalue weighted by Crippen LogP contribution is -1.85. The van der Waals surface area contributed by atoms with Crippen LogP contribution in [0.3, 0.4) is 0 Å². The summed E-state index contributed by atoms with van der Waals surface area (Å²) in [5.74, 6) is -0.343. The van der Waals surface area contributed by atoms with Crippen LogP contribution in [0.4, 0.5) is 4.39 Å². The summed E-state index contributed by atoms with van der Waals surface area (Å²) in [5.41, 5.74) is 3.89. The zero-order valence-electron chi connectivity index (χ0n) is 11.8. The first-order chi connectivity index (χ1) is 9.23. The highest BCUT2D eigenvalue weighted by Gasteiger charge is 2.03. The molecule has 0 radical (unpaired) electrons. The minimum Gasteiger partial charge on any atom is -0.205 e. The summed E-state index contributed by atoms with van der Waals surface area (Å²) in [6.07, 6.45) is 0. The van der Waals surface area contributed by atoms with Gasteiger partial charge in [0.1, 0.15) is 5.82 Å². The first-order valence-corrected chi connectivity index (χ1v) is 7.21. The van der Waals surface area contributed by atoms with Crippen LogP contribution in [0, 0.1) is 33.5 Å². The molecule has 108 valence electrons. The van der Waals surface area contributed by atoms with E-state index in [9.17, 15) is 4.39 Å². The number of aryl methyl sites for hydroxylation is 2. The van der Waals surface area contributed by atoms with Gasteiger partial charge in [0.15, 0.2) is 0 Å². The van der Waals surface area contributed by atoms with Crippen molar-refractivity contribution in [1.82, 2.24) is 0 Å². The third kappa shape index (κ3) is 4.37. The van der Waals surface area contributed by atoms with Crippen molar-refractivity contribution >= 4 is 34.8 Å². The van der Waals surface area contributed by atoms with E-state index in [1.807, 2.05) is 32.9 Å². The third-order valence-electron chi connectivity index (χ3n) is 3.04. The molecule has 2 aromatic rings. The molecule has 0 saturated carbocycles. The highest BCUT2D eigenvalue weighted by atomic mass is 35.5. The highest BCUT2D eigenvalue weighted by molar-refractivity contribution is 6.36. The van der Waals surface area contributed by atoms with Gasteiger partial charge in [-0.15, -0.1) is 0 Å². The van der Waals surface area contributed by atoms with Crippen LogP contribution < -0.4 is 0 Å². The van der Waals surface area contributed by atoms with Crippen LogP contribution in [-0.2, 0) is 0 Å². The van der Waals surface area contributed by atoms with E-state index in [4.69, 9.17) is 34.8 Å². The maximum atomic E-state index is 12.6. The minimum absolute atomic E-state index is 0.236. The van der Waals surface area contributed by atoms with Crippen LogP contribution in [0.5, 0.6) is 0 Å². The van der Waals surface area contributed by atoms with Crippen LogP contribution in [0.2, 0.25) is 15.1 Å². The minimum atomic E-state index is -0.343. The zero-order chi connectivity index (χ0) is 15.4. The van der Waals surface area contributed by atoms with Crippen molar-refractivity contribution in [2.24, 2.45) is 0 Å². The van der Waals surface area contributed by atoms with E-state index in [1.165, 1.54) is 6.07 Å². The van der Waals surface area contributed by atoms with E-state index in [0.717, 1.165) is 32.3 Å². The van der Waals surface area contributed by atoms with E-state index < -0.39 is 0 Å². The van der Waals surface area contributed by atoms with Crippen molar-refractivity contribution in [3.05, 3.63) is 67.4 Å². The summed E-state index contributed by atoms with van der Waals surface area (Å²) in [6, 6.07) is 6.91. The quantitative estimate of drug-likeness (QED) is 0.503. The van der Waals surface area contributed by atoms with Crippen molar-refractivity contribution in [3.8, 4) is 0 Å². The Morgan fingerprint density at radius 1 is 0.800 bits per heavy atom. The molecule has 0 aliphatic carbocycles. The Hall–Kier alpha value is -0.760. The zero-order valence-corrected chi connectivity index (χ0v) is 14.1. The van der Waals surface area contributed by atoms with Crippen molar-refractivity contribution in [3.63, 3.8) is 0 Å². The van der Waals surface area contributed by atoms with Crippen LogP contribution in [0.25, 0.3) is 0 Å². The van der Waals surface area contributed by atoms with E-state index in [-0.39, 0.29) is 10.8 Å². The van der Waals surface area contributed by atoms with Crippen LogP contribution in [0.15, 0.2) is 24.3 Å². The van der Waals surface area contributed by atoms with Gasteiger partial charge in [-0.1, -0.05) is 40.9 Å². The predicted octanol–water partition coefficient (Wildman–Crippen LogP) is 6.71. The summed E-state index contributed by atoms with van der Waals surface area (Å²) in [7, 11) is 0. The molecule has 0 N–H and O–H groups in total. The molecule has 0 aliphatic rings. The Bertz CT molecular complexity index is 571. The Kier molecular flexibility index (Phi) is 6.32. The SMILES string of the molecule is Cc1cc(Cl)c(C)c(Cl)c1.Cc1ccc(F)c(Cl)c1C. The average Bonchev–Trinajstić information content (AvgIpc) is 2.39. The van der Waals surface area contributed by atoms with Gasteiger partial charge in [0.05, 0.1) is 5.02 Å². The molecule has 0 amide bonds. The van der Waals surface area contributed by atoms with Crippen molar-refractivity contribution in [2.45, 2.75) is 27.7 Å². The number of rotatable bonds is 0. The second-order valence-corrected chi connectivity index (χ2v) is 5.85. The number of hydrogen-bond donors (Lipinski definition) is 0. The Balaban J connectivity index is 0.000000200. The molecule has 0 spiro atoms. The summed E-state index contributed by atoms with van der Waals surface area (Å²) in [5, 5.41) is 1.72. The van der Waals surface area contributed by atoms with E-state index in [1.54, 1.807) is 13.0 Å². The lowest BCUT2D eigenvalue weighted by Gasteiger charge is -2.01. The van der Waals surface area contributed by atoms with Gasteiger partial charge < -0.3 is 0 Å². The summed E-state index contributed by atoms with van der Waals surface area (Å²) < 4.78 is 12.6. The predicted molar refractivity (Wildman–Crippen MR) is 86.8 cm³/mol. The van der Waals surface area contributed by atoms with Crippen LogP contribution in [0.1, 0.15) is 22.3 Å². The molecular formula is C16H16Cl3F. The van der Waals surface area contributed by atoms with Crippen molar-refractivity contribution < 1.29 is 4.39 Å². The molecular weight excluding hydrogens is 318 g/mol. The standard InChI is InChI=1S/C8H8Cl2.C8H8ClF/c1-5-3-7(9)6(2)8(10)4-5;1-5-3-4-7(10)8(9)6(5)2/h2*3-4H,1-2H3. The van der Waals surface area contributed by atoms with Gasteiger partial charge >= 0.3 is 0 Å². The molecule has 0 fully saturated rings. The van der Waals surface area contributed by atoms with Crippen LogP contribution in [-0.4, -0.2) is 0 Å². The molecule has 4 heteroatoms. The molecule has 2 rings (SSSR count). The number of benzene rings is 2. The molecule has 0 atom stereocenters. The summed E-state index contributed by atoms with van der Waals surface area (Å²) in [4.78, 5) is 0. The van der Waals surface area contributed by atoms with Crippen LogP contribution >= 0.6 is 34.8 Å². The fourth-order valence-corrected chi connectivity index (χ4v) is 2.33. The Morgan fingerprint density at radius 3 is 1.75 bits per heavy atom. The molecule has 0 aliphatic heterocycles. The van der Waals surface area contributed by atoms with Gasteiger partial charge in [-0.25, -0.2) is 4.39 Å². The monoisotopic (exact) mass is 332 g/mol. The first-order valence-electron chi connectivity index (χ1n) is 6.07. The molecule has 0 nitrogen and oxygen atoms in total. The Morgan fingerprint density at radius 2 is 1.30 bits per heavy atom. The first kappa shape index (κ1) is 17.3. The normalized spacial score (nSPS) is 10.0. The van der Waals surface area contributed by atoms with Gasteiger partial charge in [-0.2, -0.15) is 0 Å². The third-order valence-corrected chi connectivity index (χ3v) is 4.28.